The highest BCUT2D eigenvalue weighted by atomic mass is 35.5. The summed E-state index contributed by atoms with van der Waals surface area (Å²) in [6.07, 6.45) is -0.314. The Morgan fingerprint density at radius 3 is 2.55 bits per heavy atom. The van der Waals surface area contributed by atoms with Crippen molar-refractivity contribution >= 4 is 52.3 Å². The Hall–Kier alpha value is -4.55. The van der Waals surface area contributed by atoms with Gasteiger partial charge in [-0.1, -0.05) is 41.4 Å². The number of hydrogen-bond acceptors (Lipinski definition) is 9. The lowest BCUT2D eigenvalue weighted by Crippen LogP contribution is -2.55. The van der Waals surface area contributed by atoms with Crippen molar-refractivity contribution in [2.24, 2.45) is 0 Å². The van der Waals surface area contributed by atoms with Crippen LogP contribution in [0.25, 0.3) is 11.0 Å². The smallest absolute Gasteiger partial charge is 0.290 e. The second-order valence-corrected chi connectivity index (χ2v) is 11.9. The molecule has 2 amide bonds. The van der Waals surface area contributed by atoms with Crippen LogP contribution in [0.15, 0.2) is 70.7 Å². The van der Waals surface area contributed by atoms with E-state index in [2.05, 4.69) is 5.32 Å². The summed E-state index contributed by atoms with van der Waals surface area (Å²) in [5.41, 5.74) is 1.78. The van der Waals surface area contributed by atoms with Crippen LogP contribution in [0.5, 0.6) is 17.2 Å². The minimum atomic E-state index is -1.39. The van der Waals surface area contributed by atoms with Gasteiger partial charge in [-0.2, -0.15) is 0 Å². The maximum atomic E-state index is 14.4. The number of furan rings is 1. The number of carbonyl (C=O) groups is 3. The van der Waals surface area contributed by atoms with Crippen LogP contribution in [0, 0.1) is 0 Å². The maximum absolute atomic E-state index is 14.4. The van der Waals surface area contributed by atoms with Crippen LogP contribution >= 0.6 is 23.2 Å². The first-order valence-electron chi connectivity index (χ1n) is 14.6. The van der Waals surface area contributed by atoms with Gasteiger partial charge in [-0.05, 0) is 48.0 Å². The number of halogens is 2. The number of amides is 2. The fourth-order valence-electron chi connectivity index (χ4n) is 6.15. The van der Waals surface area contributed by atoms with Gasteiger partial charge >= 0.3 is 0 Å². The van der Waals surface area contributed by atoms with Gasteiger partial charge in [-0.15, -0.1) is 0 Å². The number of carbonyl (C=O) groups excluding carboxylic acids is 3. The third-order valence-corrected chi connectivity index (χ3v) is 8.91. The van der Waals surface area contributed by atoms with Crippen molar-refractivity contribution in [2.45, 2.75) is 30.7 Å². The van der Waals surface area contributed by atoms with E-state index in [9.17, 15) is 24.6 Å². The molecule has 0 unspecified atom stereocenters. The van der Waals surface area contributed by atoms with Crippen LogP contribution in [0.2, 0.25) is 10.0 Å². The summed E-state index contributed by atoms with van der Waals surface area (Å²) in [6.45, 7) is -0.476. The average molecular weight is 682 g/mol. The van der Waals surface area contributed by atoms with Gasteiger partial charge in [-0.25, -0.2) is 0 Å². The zero-order valence-electron chi connectivity index (χ0n) is 25.2. The standard InChI is InChI=1S/C34H30Cl2N2O9/c1-44-25-5-3-4-18-12-27(46-30(18)25)34(43)38(15-19-6-7-20(35)13-23(19)36)24-14-22(33(42)37-8-9-39)28-21-10-17(16-40)11-26(45-2)31(21)47-32(28)29(24)41/h3-7,10-14,16,24,28-29,32,39,41H,8-9,15H2,1-2H3,(H,37,42)/t24-,28+,29+,32+/m1/s1. The molecule has 1 aliphatic heterocycles. The van der Waals surface area contributed by atoms with Crippen LogP contribution < -0.4 is 19.5 Å². The summed E-state index contributed by atoms with van der Waals surface area (Å²) >= 11 is 12.7. The third-order valence-electron chi connectivity index (χ3n) is 8.33. The van der Waals surface area contributed by atoms with Crippen molar-refractivity contribution < 1.29 is 43.2 Å². The topological polar surface area (TPSA) is 148 Å². The normalized spacial score (nSPS) is 19.7. The Labute approximate surface area is 279 Å². The molecule has 0 fully saturated rings. The molecular formula is C34H30Cl2N2O9. The number of para-hydroxylation sites is 1. The Balaban J connectivity index is 1.50. The monoisotopic (exact) mass is 680 g/mol. The fraction of sp³-hybridized carbons (Fsp3) is 0.265. The lowest BCUT2D eigenvalue weighted by Gasteiger charge is -2.40. The molecule has 0 radical (unpaired) electrons. The predicted molar refractivity (Wildman–Crippen MR) is 173 cm³/mol. The molecular weight excluding hydrogens is 651 g/mol. The molecule has 0 spiro atoms. The number of nitrogens with one attached hydrogen (secondary N) is 1. The molecule has 0 bridgehead atoms. The van der Waals surface area contributed by atoms with Gasteiger partial charge in [0.15, 0.2) is 28.6 Å². The first-order chi connectivity index (χ1) is 22.7. The van der Waals surface area contributed by atoms with Crippen LogP contribution in [-0.2, 0) is 11.3 Å². The van der Waals surface area contributed by atoms with Crippen molar-refractivity contribution in [3.05, 3.63) is 98.7 Å². The highest BCUT2D eigenvalue weighted by molar-refractivity contribution is 6.35. The van der Waals surface area contributed by atoms with Crippen molar-refractivity contribution in [2.75, 3.05) is 27.4 Å². The summed E-state index contributed by atoms with van der Waals surface area (Å²) in [6, 6.07) is 13.6. The van der Waals surface area contributed by atoms with E-state index in [0.29, 0.717) is 39.2 Å². The Bertz CT molecular complexity index is 1910. The predicted octanol–water partition coefficient (Wildman–Crippen LogP) is 4.53. The zero-order chi connectivity index (χ0) is 33.4. The van der Waals surface area contributed by atoms with Crippen LogP contribution in [0.1, 0.15) is 38.0 Å². The molecule has 4 atom stereocenters. The molecule has 4 aromatic rings. The van der Waals surface area contributed by atoms with Gasteiger partial charge in [0.1, 0.15) is 18.5 Å². The summed E-state index contributed by atoms with van der Waals surface area (Å²) in [5, 5.41) is 25.4. The second kappa shape index (κ2) is 13.3. The van der Waals surface area contributed by atoms with Gasteiger partial charge < -0.3 is 39.1 Å². The molecule has 3 N–H and O–H groups in total. The maximum Gasteiger partial charge on any atom is 0.290 e. The van der Waals surface area contributed by atoms with E-state index in [-0.39, 0.29) is 53.1 Å². The molecule has 244 valence electrons. The largest absolute Gasteiger partial charge is 0.493 e. The highest BCUT2D eigenvalue weighted by Crippen LogP contribution is 2.51. The number of fused-ring (bicyclic) bond motifs is 4. The number of benzene rings is 3. The van der Waals surface area contributed by atoms with Gasteiger partial charge in [0.05, 0.1) is 32.8 Å². The highest BCUT2D eigenvalue weighted by Gasteiger charge is 2.51. The number of aliphatic hydroxyl groups is 2. The first kappa shape index (κ1) is 32.4. The Kier molecular flexibility index (Phi) is 9.16. The number of hydrogen-bond donors (Lipinski definition) is 3. The van der Waals surface area contributed by atoms with Gasteiger partial charge in [0, 0.05) is 45.2 Å². The summed E-state index contributed by atoms with van der Waals surface area (Å²) in [7, 11) is 2.90. The quantitative estimate of drug-likeness (QED) is 0.205. The number of nitrogens with zero attached hydrogens (tertiary/aromatic N) is 1. The molecule has 1 aliphatic carbocycles. The number of rotatable bonds is 10. The minimum absolute atomic E-state index is 0.0449. The molecule has 1 aromatic heterocycles. The number of ether oxygens (including phenoxy) is 3. The van der Waals surface area contributed by atoms with Crippen molar-refractivity contribution in [3.8, 4) is 17.2 Å². The average Bonchev–Trinajstić information content (AvgIpc) is 3.69. The zero-order valence-corrected chi connectivity index (χ0v) is 26.7. The van der Waals surface area contributed by atoms with Crippen LogP contribution in [0.3, 0.4) is 0 Å². The molecule has 0 saturated carbocycles. The van der Waals surface area contributed by atoms with Crippen molar-refractivity contribution in [3.63, 3.8) is 0 Å². The van der Waals surface area contributed by atoms with Crippen molar-refractivity contribution in [1.82, 2.24) is 10.2 Å². The summed E-state index contributed by atoms with van der Waals surface area (Å²) < 4.78 is 23.2. The van der Waals surface area contributed by atoms with Crippen LogP contribution in [-0.4, -0.2) is 78.8 Å². The van der Waals surface area contributed by atoms with E-state index in [4.69, 9.17) is 41.8 Å². The van der Waals surface area contributed by atoms with E-state index >= 15 is 0 Å². The van der Waals surface area contributed by atoms with Gasteiger partial charge in [-0.3, -0.25) is 14.4 Å². The molecule has 2 aliphatic rings. The minimum Gasteiger partial charge on any atom is -0.493 e. The molecule has 2 heterocycles. The lowest BCUT2D eigenvalue weighted by atomic mass is 9.77. The number of aliphatic hydroxyl groups excluding tert-OH is 2. The lowest BCUT2D eigenvalue weighted by molar-refractivity contribution is -0.118. The fourth-order valence-corrected chi connectivity index (χ4v) is 6.62. The number of methoxy groups -OCH3 is 2. The van der Waals surface area contributed by atoms with E-state index in [1.165, 1.54) is 37.3 Å². The Morgan fingerprint density at radius 2 is 1.85 bits per heavy atom. The third kappa shape index (κ3) is 5.91. The first-order valence-corrected chi connectivity index (χ1v) is 15.4. The van der Waals surface area contributed by atoms with E-state index < -0.39 is 36.0 Å². The molecule has 6 rings (SSSR count). The van der Waals surface area contributed by atoms with Crippen molar-refractivity contribution in [1.29, 1.82) is 0 Å². The van der Waals surface area contributed by atoms with Crippen LogP contribution in [0.4, 0.5) is 0 Å². The molecule has 0 saturated heterocycles. The summed E-state index contributed by atoms with van der Waals surface area (Å²) in [5.74, 6) is -1.11. The molecule has 3 aromatic carbocycles. The Morgan fingerprint density at radius 1 is 1.06 bits per heavy atom. The molecule has 13 heteroatoms. The van der Waals surface area contributed by atoms with E-state index in [1.54, 1.807) is 42.5 Å². The van der Waals surface area contributed by atoms with Gasteiger partial charge in [0.25, 0.3) is 5.91 Å². The van der Waals surface area contributed by atoms with E-state index in [0.717, 1.165) is 0 Å². The summed E-state index contributed by atoms with van der Waals surface area (Å²) in [4.78, 5) is 41.2. The second-order valence-electron chi connectivity index (χ2n) is 11.1. The SMILES string of the molecule is COc1cc(C=O)cc2c1O[C@@H]1[C@@H](O)[C@H](N(Cc3ccc(Cl)cc3Cl)C(=O)c3cc4cccc(OC)c4o3)C=C(C(=O)NCCO)[C@H]21. The van der Waals surface area contributed by atoms with E-state index in [1.807, 2.05) is 0 Å². The molecule has 47 heavy (non-hydrogen) atoms. The number of aldehydes is 1. The van der Waals surface area contributed by atoms with Gasteiger partial charge in [0.2, 0.25) is 5.91 Å². The molecule has 11 nitrogen and oxygen atoms in total.